The molecule has 2 heterocycles. The minimum atomic E-state index is -0.162. The van der Waals surface area contributed by atoms with Gasteiger partial charge in [0.2, 0.25) is 5.91 Å². The van der Waals surface area contributed by atoms with E-state index in [1.54, 1.807) is 4.90 Å². The van der Waals surface area contributed by atoms with E-state index in [9.17, 15) is 9.59 Å². The molecule has 0 aromatic heterocycles. The molecular weight excluding hydrogens is 352 g/mol. The Morgan fingerprint density at radius 1 is 1.11 bits per heavy atom. The lowest BCUT2D eigenvalue weighted by Gasteiger charge is -2.35. The minimum Gasteiger partial charge on any atom is -0.482 e. The topological polar surface area (TPSA) is 49.9 Å². The monoisotopic (exact) mass is 378 g/mol. The Morgan fingerprint density at radius 2 is 1.86 bits per heavy atom. The Bertz CT molecular complexity index is 857. The van der Waals surface area contributed by atoms with Crippen molar-refractivity contribution >= 4 is 17.5 Å². The standard InChI is InChI=1S/C23H26N2O3/c1-17-7-8-21-20(13-17)25(23(27)16-28-21)15-22(26)24-11-9-19(10-12-24)14-18-5-3-2-4-6-18/h2-8,13,19H,9-12,14-16H2,1H3. The van der Waals surface area contributed by atoms with Crippen LogP contribution in [0.1, 0.15) is 24.0 Å². The third-order valence-corrected chi connectivity index (χ3v) is 5.69. The van der Waals surface area contributed by atoms with Crippen LogP contribution in [0.5, 0.6) is 5.75 Å². The third-order valence-electron chi connectivity index (χ3n) is 5.69. The number of benzene rings is 2. The van der Waals surface area contributed by atoms with Gasteiger partial charge in [-0.3, -0.25) is 14.5 Å². The van der Waals surface area contributed by atoms with Crippen molar-refractivity contribution in [3.05, 3.63) is 59.7 Å². The van der Waals surface area contributed by atoms with E-state index in [2.05, 4.69) is 24.3 Å². The van der Waals surface area contributed by atoms with Gasteiger partial charge in [0.25, 0.3) is 5.91 Å². The maximum Gasteiger partial charge on any atom is 0.265 e. The van der Waals surface area contributed by atoms with Crippen LogP contribution in [0.25, 0.3) is 0 Å². The summed E-state index contributed by atoms with van der Waals surface area (Å²) in [6.07, 6.45) is 3.08. The number of rotatable bonds is 4. The van der Waals surface area contributed by atoms with Gasteiger partial charge in [0.15, 0.2) is 6.61 Å². The van der Waals surface area contributed by atoms with E-state index < -0.39 is 0 Å². The van der Waals surface area contributed by atoms with E-state index in [0.717, 1.165) is 37.9 Å². The van der Waals surface area contributed by atoms with E-state index in [0.29, 0.717) is 17.4 Å². The predicted molar refractivity (Wildman–Crippen MR) is 108 cm³/mol. The zero-order valence-electron chi connectivity index (χ0n) is 16.3. The van der Waals surface area contributed by atoms with Crippen molar-refractivity contribution in [1.29, 1.82) is 0 Å². The lowest BCUT2D eigenvalue weighted by atomic mass is 9.90. The van der Waals surface area contributed by atoms with Crippen molar-refractivity contribution in [1.82, 2.24) is 4.90 Å². The molecule has 0 spiro atoms. The normalized spacial score (nSPS) is 17.2. The number of carbonyl (C=O) groups is 2. The molecule has 0 bridgehead atoms. The Kier molecular flexibility index (Phi) is 5.33. The van der Waals surface area contributed by atoms with Gasteiger partial charge in [0, 0.05) is 13.1 Å². The summed E-state index contributed by atoms with van der Waals surface area (Å²) in [7, 11) is 0. The molecule has 2 aliphatic rings. The van der Waals surface area contributed by atoms with Crippen molar-refractivity contribution in [3.63, 3.8) is 0 Å². The highest BCUT2D eigenvalue weighted by molar-refractivity contribution is 6.02. The second-order valence-electron chi connectivity index (χ2n) is 7.75. The average Bonchev–Trinajstić information content (AvgIpc) is 2.71. The van der Waals surface area contributed by atoms with Crippen molar-refractivity contribution < 1.29 is 14.3 Å². The number of anilines is 1. The molecule has 0 saturated carbocycles. The Hall–Kier alpha value is -2.82. The van der Waals surface area contributed by atoms with Crippen LogP contribution in [0.4, 0.5) is 5.69 Å². The summed E-state index contributed by atoms with van der Waals surface area (Å²) < 4.78 is 5.50. The molecule has 0 N–H and O–H groups in total. The molecule has 2 aromatic rings. The number of ether oxygens (including phenoxy) is 1. The van der Waals surface area contributed by atoms with Gasteiger partial charge in [-0.05, 0) is 55.4 Å². The number of nitrogens with zero attached hydrogens (tertiary/aromatic N) is 2. The van der Waals surface area contributed by atoms with Gasteiger partial charge in [-0.15, -0.1) is 0 Å². The molecule has 146 valence electrons. The first-order valence-electron chi connectivity index (χ1n) is 9.95. The van der Waals surface area contributed by atoms with Crippen LogP contribution >= 0.6 is 0 Å². The van der Waals surface area contributed by atoms with Crippen molar-refractivity contribution in [2.45, 2.75) is 26.2 Å². The van der Waals surface area contributed by atoms with Gasteiger partial charge in [-0.1, -0.05) is 36.4 Å². The molecule has 0 atom stereocenters. The predicted octanol–water partition coefficient (Wildman–Crippen LogP) is 3.20. The van der Waals surface area contributed by atoms with Crippen LogP contribution in [0.15, 0.2) is 48.5 Å². The average molecular weight is 378 g/mol. The molecular formula is C23H26N2O3. The number of fused-ring (bicyclic) bond motifs is 1. The number of likely N-dealkylation sites (tertiary alicyclic amines) is 1. The summed E-state index contributed by atoms with van der Waals surface area (Å²) in [5, 5.41) is 0. The fourth-order valence-electron chi connectivity index (χ4n) is 4.05. The minimum absolute atomic E-state index is 0.0114. The number of hydrogen-bond donors (Lipinski definition) is 0. The lowest BCUT2D eigenvalue weighted by Crippen LogP contribution is -2.48. The molecule has 1 saturated heterocycles. The number of carbonyl (C=O) groups excluding carboxylic acids is 2. The highest BCUT2D eigenvalue weighted by Crippen LogP contribution is 2.33. The van der Waals surface area contributed by atoms with Gasteiger partial charge in [-0.2, -0.15) is 0 Å². The summed E-state index contributed by atoms with van der Waals surface area (Å²) in [4.78, 5) is 28.7. The molecule has 0 unspecified atom stereocenters. The summed E-state index contributed by atoms with van der Waals surface area (Å²) in [6, 6.07) is 16.3. The van der Waals surface area contributed by atoms with E-state index in [4.69, 9.17) is 4.74 Å². The van der Waals surface area contributed by atoms with Crippen molar-refractivity contribution in [2.24, 2.45) is 5.92 Å². The molecule has 28 heavy (non-hydrogen) atoms. The molecule has 5 heteroatoms. The second-order valence-corrected chi connectivity index (χ2v) is 7.75. The van der Waals surface area contributed by atoms with Crippen LogP contribution in [0.2, 0.25) is 0 Å². The maximum absolute atomic E-state index is 12.9. The molecule has 2 aliphatic heterocycles. The molecule has 2 amide bonds. The molecule has 5 nitrogen and oxygen atoms in total. The largest absolute Gasteiger partial charge is 0.482 e. The Morgan fingerprint density at radius 3 is 2.61 bits per heavy atom. The molecule has 0 radical (unpaired) electrons. The fourth-order valence-corrected chi connectivity index (χ4v) is 4.05. The van der Waals surface area contributed by atoms with Crippen LogP contribution in [-0.4, -0.2) is 43.0 Å². The highest BCUT2D eigenvalue weighted by atomic mass is 16.5. The molecule has 2 aromatic carbocycles. The van der Waals surface area contributed by atoms with Crippen LogP contribution in [0, 0.1) is 12.8 Å². The smallest absolute Gasteiger partial charge is 0.265 e. The van der Waals surface area contributed by atoms with Gasteiger partial charge >= 0.3 is 0 Å². The number of piperidine rings is 1. The zero-order chi connectivity index (χ0) is 19.5. The van der Waals surface area contributed by atoms with Gasteiger partial charge in [0.1, 0.15) is 12.3 Å². The number of aryl methyl sites for hydroxylation is 1. The summed E-state index contributed by atoms with van der Waals surface area (Å²) in [5.41, 5.74) is 3.10. The van der Waals surface area contributed by atoms with Gasteiger partial charge < -0.3 is 9.64 Å². The highest BCUT2D eigenvalue weighted by Gasteiger charge is 2.30. The number of hydrogen-bond acceptors (Lipinski definition) is 3. The van der Waals surface area contributed by atoms with Gasteiger partial charge in [-0.25, -0.2) is 0 Å². The summed E-state index contributed by atoms with van der Waals surface area (Å²) in [6.45, 7) is 3.56. The third kappa shape index (κ3) is 4.03. The first-order chi connectivity index (χ1) is 13.6. The van der Waals surface area contributed by atoms with E-state index in [1.807, 2.05) is 36.1 Å². The van der Waals surface area contributed by atoms with Crippen LogP contribution in [-0.2, 0) is 16.0 Å². The van der Waals surface area contributed by atoms with E-state index in [-0.39, 0.29) is 25.0 Å². The maximum atomic E-state index is 12.9. The SMILES string of the molecule is Cc1ccc2c(c1)N(CC(=O)N1CCC(Cc3ccccc3)CC1)C(=O)CO2. The van der Waals surface area contributed by atoms with Gasteiger partial charge in [0.05, 0.1) is 5.69 Å². The quantitative estimate of drug-likeness (QED) is 0.821. The fraction of sp³-hybridized carbons (Fsp3) is 0.391. The van der Waals surface area contributed by atoms with Crippen LogP contribution in [0.3, 0.4) is 0 Å². The zero-order valence-corrected chi connectivity index (χ0v) is 16.3. The Balaban J connectivity index is 1.36. The Labute approximate surface area is 165 Å². The molecule has 4 rings (SSSR count). The second kappa shape index (κ2) is 8.05. The van der Waals surface area contributed by atoms with Crippen molar-refractivity contribution in [3.8, 4) is 5.75 Å². The van der Waals surface area contributed by atoms with Crippen molar-refractivity contribution in [2.75, 3.05) is 31.1 Å². The van der Waals surface area contributed by atoms with Crippen LogP contribution < -0.4 is 9.64 Å². The summed E-state index contributed by atoms with van der Waals surface area (Å²) in [5.74, 6) is 1.13. The first-order valence-corrected chi connectivity index (χ1v) is 9.95. The molecule has 1 fully saturated rings. The van der Waals surface area contributed by atoms with E-state index >= 15 is 0 Å². The number of amides is 2. The van der Waals surface area contributed by atoms with E-state index in [1.165, 1.54) is 5.56 Å². The summed E-state index contributed by atoms with van der Waals surface area (Å²) >= 11 is 0. The molecule has 0 aliphatic carbocycles. The lowest BCUT2D eigenvalue weighted by molar-refractivity contribution is -0.133. The first kappa shape index (κ1) is 18.5.